The van der Waals surface area contributed by atoms with Crippen LogP contribution in [0.5, 0.6) is 5.75 Å². The number of hydrogen-bond donors (Lipinski definition) is 1. The number of benzene rings is 3. The van der Waals surface area contributed by atoms with Gasteiger partial charge in [-0.1, -0.05) is 36.4 Å². The van der Waals surface area contributed by atoms with Crippen LogP contribution < -0.4 is 9.46 Å². The Morgan fingerprint density at radius 1 is 0.917 bits per heavy atom. The van der Waals surface area contributed by atoms with E-state index in [0.717, 1.165) is 16.3 Å². The van der Waals surface area contributed by atoms with Crippen LogP contribution in [0.4, 0.5) is 0 Å². The Bertz CT molecular complexity index is 950. The van der Waals surface area contributed by atoms with Crippen molar-refractivity contribution in [3.8, 4) is 5.75 Å². The van der Waals surface area contributed by atoms with Crippen molar-refractivity contribution in [3.05, 3.63) is 72.3 Å². The number of methoxy groups -OCH3 is 1. The maximum atomic E-state index is 12.5. The average Bonchev–Trinajstić information content (AvgIpc) is 2.61. The van der Waals surface area contributed by atoms with Crippen LogP contribution >= 0.6 is 0 Å². The minimum atomic E-state index is -3.59. The van der Waals surface area contributed by atoms with E-state index in [1.165, 1.54) is 12.1 Å². The zero-order valence-electron chi connectivity index (χ0n) is 13.6. The fourth-order valence-electron chi connectivity index (χ4n) is 2.60. The topological polar surface area (TPSA) is 55.4 Å². The van der Waals surface area contributed by atoms with Crippen LogP contribution in [0, 0.1) is 0 Å². The van der Waals surface area contributed by atoms with Gasteiger partial charge in [-0.2, -0.15) is 0 Å². The van der Waals surface area contributed by atoms with Crippen molar-refractivity contribution in [1.29, 1.82) is 0 Å². The molecule has 0 radical (unpaired) electrons. The summed E-state index contributed by atoms with van der Waals surface area (Å²) in [7, 11) is -2.05. The Balaban J connectivity index is 1.84. The first kappa shape index (κ1) is 16.5. The standard InChI is InChI=1S/C19H19NO3S/c1-14(16-8-7-15-5-3-4-6-17(15)13-16)20-24(21,22)19-11-9-18(23-2)10-12-19/h3-14,20H,1-2H3/t14-/m1/s1. The van der Waals surface area contributed by atoms with Crippen LogP contribution in [0.3, 0.4) is 0 Å². The minimum Gasteiger partial charge on any atom is -0.497 e. The highest BCUT2D eigenvalue weighted by atomic mass is 32.2. The summed E-state index contributed by atoms with van der Waals surface area (Å²) in [6.07, 6.45) is 0. The molecule has 0 aliphatic carbocycles. The number of sulfonamides is 1. The molecule has 0 heterocycles. The highest BCUT2D eigenvalue weighted by Gasteiger charge is 2.18. The number of ether oxygens (including phenoxy) is 1. The minimum absolute atomic E-state index is 0.218. The molecule has 24 heavy (non-hydrogen) atoms. The van der Waals surface area contributed by atoms with Crippen molar-refractivity contribution in [3.63, 3.8) is 0 Å². The van der Waals surface area contributed by atoms with Crippen LogP contribution in [0.2, 0.25) is 0 Å². The Morgan fingerprint density at radius 3 is 2.25 bits per heavy atom. The van der Waals surface area contributed by atoms with E-state index in [-0.39, 0.29) is 10.9 Å². The van der Waals surface area contributed by atoms with Crippen molar-refractivity contribution in [2.75, 3.05) is 7.11 Å². The average molecular weight is 341 g/mol. The molecule has 5 heteroatoms. The summed E-state index contributed by atoms with van der Waals surface area (Å²) in [4.78, 5) is 0.218. The highest BCUT2D eigenvalue weighted by molar-refractivity contribution is 7.89. The molecular weight excluding hydrogens is 322 g/mol. The number of hydrogen-bond acceptors (Lipinski definition) is 3. The molecule has 4 nitrogen and oxygen atoms in total. The quantitative estimate of drug-likeness (QED) is 0.766. The second kappa shape index (κ2) is 6.63. The predicted molar refractivity (Wildman–Crippen MR) is 95.7 cm³/mol. The molecule has 0 fully saturated rings. The van der Waals surface area contributed by atoms with Crippen molar-refractivity contribution >= 4 is 20.8 Å². The molecule has 1 N–H and O–H groups in total. The normalized spacial score (nSPS) is 12.9. The molecule has 0 aromatic heterocycles. The summed E-state index contributed by atoms with van der Waals surface area (Å²) < 4.78 is 32.8. The van der Waals surface area contributed by atoms with Gasteiger partial charge >= 0.3 is 0 Å². The van der Waals surface area contributed by atoms with Crippen LogP contribution in [0.25, 0.3) is 10.8 Å². The third kappa shape index (κ3) is 3.42. The van der Waals surface area contributed by atoms with Crippen LogP contribution in [0.15, 0.2) is 71.6 Å². The summed E-state index contributed by atoms with van der Waals surface area (Å²) in [6, 6.07) is 20.0. The molecular formula is C19H19NO3S. The van der Waals surface area contributed by atoms with Gasteiger partial charge in [-0.05, 0) is 53.6 Å². The first-order chi connectivity index (χ1) is 11.5. The van der Waals surface area contributed by atoms with Crippen LogP contribution in [0.1, 0.15) is 18.5 Å². The lowest BCUT2D eigenvalue weighted by atomic mass is 10.0. The predicted octanol–water partition coefficient (Wildman–Crippen LogP) is 3.89. The maximum Gasteiger partial charge on any atom is 0.241 e. The Kier molecular flexibility index (Phi) is 4.55. The Morgan fingerprint density at radius 2 is 1.58 bits per heavy atom. The maximum absolute atomic E-state index is 12.5. The molecule has 0 aliphatic rings. The van der Waals surface area contributed by atoms with Gasteiger partial charge in [-0.3, -0.25) is 0 Å². The molecule has 0 amide bonds. The lowest BCUT2D eigenvalue weighted by molar-refractivity contribution is 0.414. The van der Waals surface area contributed by atoms with E-state index in [9.17, 15) is 8.42 Å². The van der Waals surface area contributed by atoms with Crippen molar-refractivity contribution in [1.82, 2.24) is 4.72 Å². The Hall–Kier alpha value is -2.37. The van der Waals surface area contributed by atoms with Gasteiger partial charge in [0.25, 0.3) is 0 Å². The van der Waals surface area contributed by atoms with E-state index in [1.54, 1.807) is 19.2 Å². The first-order valence-electron chi connectivity index (χ1n) is 7.65. The van der Waals surface area contributed by atoms with E-state index < -0.39 is 10.0 Å². The monoisotopic (exact) mass is 341 g/mol. The summed E-state index contributed by atoms with van der Waals surface area (Å²) in [6.45, 7) is 1.84. The molecule has 0 saturated heterocycles. The van der Waals surface area contributed by atoms with E-state index in [2.05, 4.69) is 4.72 Å². The van der Waals surface area contributed by atoms with Gasteiger partial charge in [0.05, 0.1) is 12.0 Å². The van der Waals surface area contributed by atoms with E-state index in [0.29, 0.717) is 5.75 Å². The first-order valence-corrected chi connectivity index (χ1v) is 9.13. The molecule has 0 aliphatic heterocycles. The zero-order valence-corrected chi connectivity index (χ0v) is 14.4. The molecule has 3 aromatic rings. The molecule has 124 valence electrons. The summed E-state index contributed by atoms with van der Waals surface area (Å²) in [5, 5.41) is 2.22. The lowest BCUT2D eigenvalue weighted by Gasteiger charge is -2.15. The SMILES string of the molecule is COc1ccc(S(=O)(=O)N[C@H](C)c2ccc3ccccc3c2)cc1. The molecule has 0 bridgehead atoms. The van der Waals surface area contributed by atoms with Crippen LogP contribution in [-0.4, -0.2) is 15.5 Å². The molecule has 3 rings (SSSR count). The number of nitrogens with one attached hydrogen (secondary N) is 1. The van der Waals surface area contributed by atoms with Gasteiger partial charge in [0, 0.05) is 6.04 Å². The smallest absolute Gasteiger partial charge is 0.241 e. The third-order valence-corrected chi connectivity index (χ3v) is 5.53. The highest BCUT2D eigenvalue weighted by Crippen LogP contribution is 2.22. The van der Waals surface area contributed by atoms with Gasteiger partial charge in [-0.25, -0.2) is 13.1 Å². The Labute approximate surface area is 142 Å². The summed E-state index contributed by atoms with van der Waals surface area (Å²) >= 11 is 0. The van der Waals surface area contributed by atoms with E-state index in [4.69, 9.17) is 4.74 Å². The molecule has 0 saturated carbocycles. The zero-order chi connectivity index (χ0) is 17.2. The second-order valence-electron chi connectivity index (χ2n) is 5.63. The van der Waals surface area contributed by atoms with Gasteiger partial charge in [0.1, 0.15) is 5.75 Å². The number of rotatable bonds is 5. The molecule has 3 aromatic carbocycles. The largest absolute Gasteiger partial charge is 0.497 e. The number of fused-ring (bicyclic) bond motifs is 1. The van der Waals surface area contributed by atoms with Crippen LogP contribution in [-0.2, 0) is 10.0 Å². The summed E-state index contributed by atoms with van der Waals surface area (Å²) in [5.41, 5.74) is 0.922. The van der Waals surface area contributed by atoms with Crippen molar-refractivity contribution in [2.24, 2.45) is 0 Å². The van der Waals surface area contributed by atoms with Gasteiger partial charge in [-0.15, -0.1) is 0 Å². The lowest BCUT2D eigenvalue weighted by Crippen LogP contribution is -2.26. The third-order valence-electron chi connectivity index (χ3n) is 3.98. The molecule has 0 unspecified atom stereocenters. The van der Waals surface area contributed by atoms with E-state index >= 15 is 0 Å². The van der Waals surface area contributed by atoms with Crippen molar-refractivity contribution in [2.45, 2.75) is 17.9 Å². The van der Waals surface area contributed by atoms with E-state index in [1.807, 2.05) is 49.4 Å². The molecule has 0 spiro atoms. The van der Waals surface area contributed by atoms with Gasteiger partial charge in [0.2, 0.25) is 10.0 Å². The summed E-state index contributed by atoms with van der Waals surface area (Å²) in [5.74, 6) is 0.622. The van der Waals surface area contributed by atoms with Gasteiger partial charge < -0.3 is 4.74 Å². The molecule has 1 atom stereocenters. The fraction of sp³-hybridized carbons (Fsp3) is 0.158. The second-order valence-corrected chi connectivity index (χ2v) is 7.34. The van der Waals surface area contributed by atoms with Crippen molar-refractivity contribution < 1.29 is 13.2 Å². The van der Waals surface area contributed by atoms with Gasteiger partial charge in [0.15, 0.2) is 0 Å². The fourth-order valence-corrected chi connectivity index (χ4v) is 3.83.